The Bertz CT molecular complexity index is 541. The Labute approximate surface area is 111 Å². The Kier molecular flexibility index (Phi) is 3.96. The number of hydrogen-bond acceptors (Lipinski definition) is 4. The molecule has 0 aliphatic rings. The van der Waals surface area contributed by atoms with E-state index in [1.807, 2.05) is 0 Å². The van der Waals surface area contributed by atoms with Gasteiger partial charge in [-0.3, -0.25) is 4.79 Å². The minimum Gasteiger partial charge on any atom is -0.508 e. The van der Waals surface area contributed by atoms with Crippen molar-refractivity contribution in [2.75, 3.05) is 11.9 Å². The van der Waals surface area contributed by atoms with Crippen LogP contribution in [-0.4, -0.2) is 27.9 Å². The van der Waals surface area contributed by atoms with Gasteiger partial charge < -0.3 is 10.4 Å². The van der Waals surface area contributed by atoms with Crippen LogP contribution in [0.5, 0.6) is 5.75 Å². The van der Waals surface area contributed by atoms with Gasteiger partial charge in [0.2, 0.25) is 5.91 Å². The molecule has 1 heterocycles. The molecular weight excluding hydrogens is 304 g/mol. The van der Waals surface area contributed by atoms with E-state index < -0.39 is 0 Å². The Hall–Kier alpha value is -1.14. The van der Waals surface area contributed by atoms with Gasteiger partial charge in [-0.25, -0.2) is 4.98 Å². The number of phenolic OH excluding ortho intramolecular Hbond substituents is 1. The quantitative estimate of drug-likeness (QED) is 0.849. The van der Waals surface area contributed by atoms with Crippen LogP contribution in [0.25, 0.3) is 10.2 Å². The summed E-state index contributed by atoms with van der Waals surface area (Å²) >= 11 is 4.62. The third-order valence-electron chi connectivity index (χ3n) is 2.20. The van der Waals surface area contributed by atoms with Crippen LogP contribution in [0.4, 0.5) is 0 Å². The number of nitrogens with one attached hydrogen (secondary N) is 1. The number of alkyl halides is 1. The highest BCUT2D eigenvalue weighted by Crippen LogP contribution is 2.25. The van der Waals surface area contributed by atoms with Crippen LogP contribution in [0.2, 0.25) is 0 Å². The van der Waals surface area contributed by atoms with Crippen molar-refractivity contribution in [3.8, 4) is 5.75 Å². The molecule has 6 heteroatoms. The van der Waals surface area contributed by atoms with Crippen molar-refractivity contribution in [3.05, 3.63) is 23.2 Å². The minimum absolute atomic E-state index is 0.0243. The second kappa shape index (κ2) is 5.46. The number of carbonyl (C=O) groups excluding carboxylic acids is 1. The monoisotopic (exact) mass is 314 g/mol. The number of thiazole rings is 1. The molecular formula is C11H11BrN2O2S. The standard InChI is InChI=1S/C11H11BrN2O2S/c12-6-10(16)13-4-3-11-14-8-2-1-7(15)5-9(8)17-11/h1-2,5,15H,3-4,6H2,(H,13,16). The van der Waals surface area contributed by atoms with Gasteiger partial charge in [0.05, 0.1) is 20.6 Å². The predicted octanol–water partition coefficient (Wildman–Crippen LogP) is 2.06. The fourth-order valence-corrected chi connectivity index (χ4v) is 2.62. The van der Waals surface area contributed by atoms with Gasteiger partial charge in [-0.1, -0.05) is 15.9 Å². The topological polar surface area (TPSA) is 62.2 Å². The number of carbonyl (C=O) groups is 1. The van der Waals surface area contributed by atoms with Crippen LogP contribution in [0.1, 0.15) is 5.01 Å². The highest BCUT2D eigenvalue weighted by Gasteiger charge is 2.05. The molecule has 0 aliphatic carbocycles. The smallest absolute Gasteiger partial charge is 0.230 e. The first kappa shape index (κ1) is 12.3. The van der Waals surface area contributed by atoms with Gasteiger partial charge in [-0.2, -0.15) is 0 Å². The number of aromatic nitrogens is 1. The summed E-state index contributed by atoms with van der Waals surface area (Å²) in [5.41, 5.74) is 0.884. The van der Waals surface area contributed by atoms with E-state index in [4.69, 9.17) is 0 Å². The fraction of sp³-hybridized carbons (Fsp3) is 0.273. The molecule has 2 aromatic rings. The molecule has 0 spiro atoms. The van der Waals surface area contributed by atoms with Crippen molar-refractivity contribution >= 4 is 43.4 Å². The van der Waals surface area contributed by atoms with Crippen molar-refractivity contribution in [2.45, 2.75) is 6.42 Å². The molecule has 1 amide bonds. The number of benzene rings is 1. The van der Waals surface area contributed by atoms with Gasteiger partial charge in [-0.15, -0.1) is 11.3 Å². The van der Waals surface area contributed by atoms with Gasteiger partial charge >= 0.3 is 0 Å². The van der Waals surface area contributed by atoms with Gasteiger partial charge in [0.1, 0.15) is 5.75 Å². The van der Waals surface area contributed by atoms with Crippen molar-refractivity contribution in [1.29, 1.82) is 0 Å². The predicted molar refractivity (Wildman–Crippen MR) is 71.8 cm³/mol. The summed E-state index contributed by atoms with van der Waals surface area (Å²) in [7, 11) is 0. The number of rotatable bonds is 4. The summed E-state index contributed by atoms with van der Waals surface area (Å²) in [5.74, 6) is 0.226. The molecule has 2 N–H and O–H groups in total. The molecule has 0 atom stereocenters. The van der Waals surface area contributed by atoms with Crippen LogP contribution < -0.4 is 5.32 Å². The summed E-state index contributed by atoms with van der Waals surface area (Å²) in [6, 6.07) is 5.12. The average molecular weight is 315 g/mol. The van der Waals surface area contributed by atoms with Crippen LogP contribution in [0.3, 0.4) is 0 Å². The Morgan fingerprint density at radius 3 is 3.12 bits per heavy atom. The summed E-state index contributed by atoms with van der Waals surface area (Å²) < 4.78 is 0.965. The van der Waals surface area contributed by atoms with E-state index in [9.17, 15) is 9.90 Å². The maximum absolute atomic E-state index is 11.0. The van der Waals surface area contributed by atoms with E-state index in [0.717, 1.165) is 15.2 Å². The molecule has 0 unspecified atom stereocenters. The zero-order valence-electron chi connectivity index (χ0n) is 8.94. The van der Waals surface area contributed by atoms with Gasteiger partial charge in [0, 0.05) is 13.0 Å². The molecule has 4 nitrogen and oxygen atoms in total. The Morgan fingerprint density at radius 1 is 1.53 bits per heavy atom. The zero-order valence-corrected chi connectivity index (χ0v) is 11.3. The third-order valence-corrected chi connectivity index (χ3v) is 3.79. The van der Waals surface area contributed by atoms with E-state index in [1.54, 1.807) is 18.2 Å². The molecule has 1 aromatic carbocycles. The lowest BCUT2D eigenvalue weighted by atomic mass is 10.3. The van der Waals surface area contributed by atoms with Gasteiger partial charge in [0.25, 0.3) is 0 Å². The molecule has 0 aliphatic heterocycles. The van der Waals surface area contributed by atoms with E-state index >= 15 is 0 Å². The second-order valence-electron chi connectivity index (χ2n) is 3.49. The van der Waals surface area contributed by atoms with E-state index in [1.165, 1.54) is 11.3 Å². The number of phenols is 1. The van der Waals surface area contributed by atoms with Crippen molar-refractivity contribution in [3.63, 3.8) is 0 Å². The lowest BCUT2D eigenvalue weighted by Gasteiger charge is -1.99. The number of nitrogens with zero attached hydrogens (tertiary/aromatic N) is 1. The molecule has 1 aromatic heterocycles. The maximum Gasteiger partial charge on any atom is 0.230 e. The number of fused-ring (bicyclic) bond motifs is 1. The first-order valence-electron chi connectivity index (χ1n) is 5.10. The molecule has 0 fully saturated rings. The first-order valence-corrected chi connectivity index (χ1v) is 7.04. The summed E-state index contributed by atoms with van der Waals surface area (Å²) in [6.45, 7) is 0.580. The third kappa shape index (κ3) is 3.17. The molecule has 2 rings (SSSR count). The van der Waals surface area contributed by atoms with Crippen LogP contribution >= 0.6 is 27.3 Å². The SMILES string of the molecule is O=C(CBr)NCCc1nc2ccc(O)cc2s1. The maximum atomic E-state index is 11.0. The van der Waals surface area contributed by atoms with E-state index in [0.29, 0.717) is 18.3 Å². The normalized spacial score (nSPS) is 10.6. The van der Waals surface area contributed by atoms with Gasteiger partial charge in [-0.05, 0) is 18.2 Å². The van der Waals surface area contributed by atoms with E-state index in [2.05, 4.69) is 26.2 Å². The number of halogens is 1. The molecule has 0 radical (unpaired) electrons. The van der Waals surface area contributed by atoms with Gasteiger partial charge in [0.15, 0.2) is 0 Å². The highest BCUT2D eigenvalue weighted by atomic mass is 79.9. The lowest BCUT2D eigenvalue weighted by Crippen LogP contribution is -2.26. The highest BCUT2D eigenvalue weighted by molar-refractivity contribution is 9.09. The summed E-state index contributed by atoms with van der Waals surface area (Å²) in [4.78, 5) is 15.4. The van der Waals surface area contributed by atoms with Crippen molar-refractivity contribution < 1.29 is 9.90 Å². The average Bonchev–Trinajstić information content (AvgIpc) is 2.70. The molecule has 0 saturated heterocycles. The Balaban J connectivity index is 2.02. The largest absolute Gasteiger partial charge is 0.508 e. The fourth-order valence-electron chi connectivity index (χ4n) is 1.42. The van der Waals surface area contributed by atoms with Crippen LogP contribution in [-0.2, 0) is 11.2 Å². The number of amides is 1. The summed E-state index contributed by atoms with van der Waals surface area (Å²) in [6.07, 6.45) is 0.707. The van der Waals surface area contributed by atoms with Crippen molar-refractivity contribution in [1.82, 2.24) is 10.3 Å². The molecule has 17 heavy (non-hydrogen) atoms. The molecule has 0 saturated carbocycles. The molecule has 0 bridgehead atoms. The Morgan fingerprint density at radius 2 is 2.35 bits per heavy atom. The molecule has 90 valence electrons. The zero-order chi connectivity index (χ0) is 12.3. The lowest BCUT2D eigenvalue weighted by molar-refractivity contribution is -0.118. The van der Waals surface area contributed by atoms with Crippen LogP contribution in [0, 0.1) is 0 Å². The van der Waals surface area contributed by atoms with Crippen molar-refractivity contribution in [2.24, 2.45) is 0 Å². The second-order valence-corrected chi connectivity index (χ2v) is 5.17. The van der Waals surface area contributed by atoms with Crippen LogP contribution in [0.15, 0.2) is 18.2 Å². The minimum atomic E-state index is -0.0243. The number of aromatic hydroxyl groups is 1. The first-order chi connectivity index (χ1) is 8.19. The van der Waals surface area contributed by atoms with E-state index in [-0.39, 0.29) is 11.7 Å². The summed E-state index contributed by atoms with van der Waals surface area (Å²) in [5, 5.41) is 13.4. The number of hydrogen-bond donors (Lipinski definition) is 2.